The highest BCUT2D eigenvalue weighted by Crippen LogP contribution is 2.32. The highest BCUT2D eigenvalue weighted by Gasteiger charge is 2.39. The lowest BCUT2D eigenvalue weighted by Gasteiger charge is -2.35. The van der Waals surface area contributed by atoms with Gasteiger partial charge in [0.05, 0.1) is 12.7 Å². The molecule has 1 heterocycles. The van der Waals surface area contributed by atoms with Crippen LogP contribution in [0.25, 0.3) is 0 Å². The Kier molecular flexibility index (Phi) is 5.72. The Morgan fingerprint density at radius 2 is 2.00 bits per heavy atom. The summed E-state index contributed by atoms with van der Waals surface area (Å²) in [4.78, 5) is 0. The lowest BCUT2D eigenvalue weighted by Crippen LogP contribution is -2.43. The van der Waals surface area contributed by atoms with Crippen molar-refractivity contribution in [1.29, 1.82) is 0 Å². The highest BCUT2D eigenvalue weighted by molar-refractivity contribution is 5.28. The number of aliphatic hydroxyl groups is 1. The van der Waals surface area contributed by atoms with E-state index in [1.54, 1.807) is 14.2 Å². The monoisotopic (exact) mass is 295 g/mol. The normalized spacial score (nSPS) is 21.2. The molecule has 21 heavy (non-hydrogen) atoms. The molecule has 1 saturated heterocycles. The predicted octanol–water partition coefficient (Wildman–Crippen LogP) is 1.56. The summed E-state index contributed by atoms with van der Waals surface area (Å²) in [5, 5.41) is 13.6. The van der Waals surface area contributed by atoms with Crippen LogP contribution in [0.2, 0.25) is 0 Å². The van der Waals surface area contributed by atoms with Gasteiger partial charge in [-0.25, -0.2) is 0 Å². The minimum absolute atomic E-state index is 0.0726. The number of rotatable bonds is 6. The van der Waals surface area contributed by atoms with Crippen molar-refractivity contribution in [2.45, 2.75) is 31.3 Å². The summed E-state index contributed by atoms with van der Waals surface area (Å²) in [6, 6.07) is 7.86. The van der Waals surface area contributed by atoms with Crippen molar-refractivity contribution in [1.82, 2.24) is 5.32 Å². The van der Waals surface area contributed by atoms with Gasteiger partial charge in [-0.2, -0.15) is 0 Å². The van der Waals surface area contributed by atoms with Crippen LogP contribution in [0.15, 0.2) is 24.3 Å². The largest absolute Gasteiger partial charge is 0.387 e. The molecule has 1 aliphatic heterocycles. The Balaban J connectivity index is 2.23. The fourth-order valence-corrected chi connectivity index (χ4v) is 2.76. The van der Waals surface area contributed by atoms with Crippen LogP contribution in [0, 0.1) is 0 Å². The standard InChI is InChI=1S/C16H25NO4/c1-4-15(18)16(19-2,20-3)13-7-5-12(6-8-13)14-11-17-9-10-21-14/h5-8,14-15,17-18H,4,9-11H2,1-3H3. The van der Waals surface area contributed by atoms with E-state index in [0.29, 0.717) is 6.42 Å². The first-order valence-corrected chi connectivity index (χ1v) is 7.39. The molecule has 0 bridgehead atoms. The predicted molar refractivity (Wildman–Crippen MR) is 80.0 cm³/mol. The molecule has 5 heteroatoms. The number of methoxy groups -OCH3 is 2. The number of nitrogens with one attached hydrogen (secondary N) is 1. The third-order valence-electron chi connectivity index (χ3n) is 4.04. The van der Waals surface area contributed by atoms with Crippen molar-refractivity contribution < 1.29 is 19.3 Å². The maximum atomic E-state index is 10.3. The minimum Gasteiger partial charge on any atom is -0.387 e. The van der Waals surface area contributed by atoms with Crippen LogP contribution in [-0.4, -0.2) is 45.1 Å². The summed E-state index contributed by atoms with van der Waals surface area (Å²) in [5.74, 6) is -1.13. The topological polar surface area (TPSA) is 60.0 Å². The maximum Gasteiger partial charge on any atom is 0.221 e. The molecule has 5 nitrogen and oxygen atoms in total. The Labute approximate surface area is 126 Å². The zero-order valence-corrected chi connectivity index (χ0v) is 13.0. The van der Waals surface area contributed by atoms with Crippen LogP contribution in [0.1, 0.15) is 30.6 Å². The van der Waals surface area contributed by atoms with Gasteiger partial charge in [-0.05, 0) is 12.0 Å². The summed E-state index contributed by atoms with van der Waals surface area (Å²) in [6.07, 6.45) is -0.117. The second-order valence-corrected chi connectivity index (χ2v) is 5.19. The number of ether oxygens (including phenoxy) is 3. The quantitative estimate of drug-likeness (QED) is 0.780. The van der Waals surface area contributed by atoms with Crippen molar-refractivity contribution in [2.75, 3.05) is 33.9 Å². The lowest BCUT2D eigenvalue weighted by molar-refractivity contribution is -0.269. The Morgan fingerprint density at radius 1 is 1.33 bits per heavy atom. The van der Waals surface area contributed by atoms with Gasteiger partial charge in [-0.1, -0.05) is 31.2 Å². The van der Waals surface area contributed by atoms with Gasteiger partial charge in [0.2, 0.25) is 5.79 Å². The van der Waals surface area contributed by atoms with Gasteiger partial charge >= 0.3 is 0 Å². The Morgan fingerprint density at radius 3 is 2.48 bits per heavy atom. The van der Waals surface area contributed by atoms with Crippen molar-refractivity contribution in [3.8, 4) is 0 Å². The van der Waals surface area contributed by atoms with E-state index in [1.165, 1.54) is 0 Å². The average Bonchev–Trinajstić information content (AvgIpc) is 2.57. The number of morpholine rings is 1. The second-order valence-electron chi connectivity index (χ2n) is 5.19. The molecule has 0 aromatic heterocycles. The third kappa shape index (κ3) is 3.27. The van der Waals surface area contributed by atoms with E-state index in [1.807, 2.05) is 31.2 Å². The van der Waals surface area contributed by atoms with E-state index < -0.39 is 11.9 Å². The van der Waals surface area contributed by atoms with Crippen LogP contribution in [0.5, 0.6) is 0 Å². The summed E-state index contributed by atoms with van der Waals surface area (Å²) in [6.45, 7) is 4.33. The first-order valence-electron chi connectivity index (χ1n) is 7.39. The molecule has 2 N–H and O–H groups in total. The first-order chi connectivity index (χ1) is 10.2. The number of benzene rings is 1. The van der Waals surface area contributed by atoms with E-state index in [0.717, 1.165) is 30.8 Å². The number of hydrogen-bond acceptors (Lipinski definition) is 5. The Hall–Kier alpha value is -0.980. The first kappa shape index (κ1) is 16.4. The van der Waals surface area contributed by atoms with E-state index in [9.17, 15) is 5.11 Å². The fraction of sp³-hybridized carbons (Fsp3) is 0.625. The van der Waals surface area contributed by atoms with Gasteiger partial charge in [0.1, 0.15) is 6.10 Å². The van der Waals surface area contributed by atoms with Gasteiger partial charge in [0.15, 0.2) is 0 Å². The number of aliphatic hydroxyl groups excluding tert-OH is 1. The third-order valence-corrected chi connectivity index (χ3v) is 4.04. The van der Waals surface area contributed by atoms with Crippen molar-refractivity contribution >= 4 is 0 Å². The molecule has 1 aromatic rings. The van der Waals surface area contributed by atoms with Gasteiger partial charge in [0.25, 0.3) is 0 Å². The SMILES string of the molecule is CCC(O)C(OC)(OC)c1ccc(C2CNCCO2)cc1. The summed E-state index contributed by atoms with van der Waals surface area (Å²) in [7, 11) is 3.09. The van der Waals surface area contributed by atoms with Crippen molar-refractivity contribution in [3.05, 3.63) is 35.4 Å². The van der Waals surface area contributed by atoms with Crippen LogP contribution < -0.4 is 5.32 Å². The molecule has 2 rings (SSSR count). The van der Waals surface area contributed by atoms with E-state index in [-0.39, 0.29) is 6.10 Å². The van der Waals surface area contributed by atoms with Gasteiger partial charge < -0.3 is 24.6 Å². The molecule has 0 saturated carbocycles. The molecule has 2 atom stereocenters. The average molecular weight is 295 g/mol. The van der Waals surface area contributed by atoms with Crippen LogP contribution >= 0.6 is 0 Å². The minimum atomic E-state index is -1.13. The molecule has 2 unspecified atom stereocenters. The molecule has 0 aliphatic carbocycles. The molecule has 1 aliphatic rings. The highest BCUT2D eigenvalue weighted by atomic mass is 16.7. The molecular formula is C16H25NO4. The van der Waals surface area contributed by atoms with E-state index >= 15 is 0 Å². The van der Waals surface area contributed by atoms with E-state index in [2.05, 4.69) is 5.32 Å². The summed E-state index contributed by atoms with van der Waals surface area (Å²) in [5.41, 5.74) is 1.91. The van der Waals surface area contributed by atoms with Gasteiger partial charge in [-0.3, -0.25) is 0 Å². The summed E-state index contributed by atoms with van der Waals surface area (Å²) < 4.78 is 16.7. The van der Waals surface area contributed by atoms with Crippen LogP contribution in [-0.2, 0) is 20.0 Å². The molecule has 0 spiro atoms. The van der Waals surface area contributed by atoms with Gasteiger partial charge in [-0.15, -0.1) is 0 Å². The molecule has 1 fully saturated rings. The molecule has 0 amide bonds. The van der Waals surface area contributed by atoms with E-state index in [4.69, 9.17) is 14.2 Å². The zero-order chi connectivity index (χ0) is 15.3. The lowest BCUT2D eigenvalue weighted by atomic mass is 9.95. The maximum absolute atomic E-state index is 10.3. The molecule has 118 valence electrons. The van der Waals surface area contributed by atoms with Crippen molar-refractivity contribution in [3.63, 3.8) is 0 Å². The smallest absolute Gasteiger partial charge is 0.221 e. The fourth-order valence-electron chi connectivity index (χ4n) is 2.76. The van der Waals surface area contributed by atoms with Gasteiger partial charge in [0, 0.05) is 32.9 Å². The van der Waals surface area contributed by atoms with Crippen molar-refractivity contribution in [2.24, 2.45) is 0 Å². The molecular weight excluding hydrogens is 270 g/mol. The number of hydrogen-bond donors (Lipinski definition) is 2. The van der Waals surface area contributed by atoms with Crippen LogP contribution in [0.3, 0.4) is 0 Å². The summed E-state index contributed by atoms with van der Waals surface area (Å²) >= 11 is 0. The second kappa shape index (κ2) is 7.33. The molecule has 1 aromatic carbocycles. The molecule has 0 radical (unpaired) electrons. The zero-order valence-electron chi connectivity index (χ0n) is 13.0. The van der Waals surface area contributed by atoms with Crippen LogP contribution in [0.4, 0.5) is 0 Å². The Bertz CT molecular complexity index is 424.